The van der Waals surface area contributed by atoms with E-state index in [0.717, 1.165) is 0 Å². The number of carboxylic acid groups (broad SMARTS) is 1. The lowest BCUT2D eigenvalue weighted by molar-refractivity contribution is 0.0697. The minimum Gasteiger partial charge on any atom is -0.478 e. The van der Waals surface area contributed by atoms with E-state index in [0.29, 0.717) is 21.6 Å². The molecule has 0 saturated carbocycles. The van der Waals surface area contributed by atoms with Crippen molar-refractivity contribution in [1.29, 1.82) is 0 Å². The van der Waals surface area contributed by atoms with Gasteiger partial charge in [-0.15, -0.1) is 0 Å². The SMILES string of the molecule is O=C(O)c1cnn(-c2nc3cc(S(=O)(=O)Cc4ccc(Cl)cc4)c(Cl)cc3[nH]2)c1. The number of carboxylic acids is 1. The van der Waals surface area contributed by atoms with E-state index >= 15 is 0 Å². The first kappa shape index (κ1) is 19.4. The molecule has 0 spiro atoms. The molecule has 0 saturated heterocycles. The Morgan fingerprint density at radius 1 is 1.17 bits per heavy atom. The van der Waals surface area contributed by atoms with Gasteiger partial charge >= 0.3 is 5.97 Å². The molecular weight excluding hydrogens is 439 g/mol. The molecule has 11 heteroatoms. The summed E-state index contributed by atoms with van der Waals surface area (Å²) in [6, 6.07) is 9.35. The Morgan fingerprint density at radius 2 is 1.90 bits per heavy atom. The summed E-state index contributed by atoms with van der Waals surface area (Å²) in [5.74, 6) is -1.13. The summed E-state index contributed by atoms with van der Waals surface area (Å²) in [6.45, 7) is 0. The summed E-state index contributed by atoms with van der Waals surface area (Å²) in [4.78, 5) is 18.2. The van der Waals surface area contributed by atoms with Gasteiger partial charge in [0.25, 0.3) is 0 Å². The lowest BCUT2D eigenvalue weighted by Gasteiger charge is -2.07. The molecular formula is C18H12Cl2N4O4S. The van der Waals surface area contributed by atoms with Gasteiger partial charge in [-0.1, -0.05) is 35.3 Å². The van der Waals surface area contributed by atoms with Gasteiger partial charge in [-0.3, -0.25) is 0 Å². The van der Waals surface area contributed by atoms with E-state index in [1.165, 1.54) is 29.2 Å². The van der Waals surface area contributed by atoms with Crippen molar-refractivity contribution in [2.45, 2.75) is 10.6 Å². The molecule has 2 aromatic heterocycles. The average Bonchev–Trinajstić information content (AvgIpc) is 3.29. The molecule has 0 aliphatic heterocycles. The number of rotatable bonds is 5. The lowest BCUT2D eigenvalue weighted by Crippen LogP contribution is -2.05. The molecule has 0 amide bonds. The van der Waals surface area contributed by atoms with E-state index < -0.39 is 15.8 Å². The minimum atomic E-state index is -3.74. The molecule has 8 nitrogen and oxygen atoms in total. The predicted octanol–water partition coefficient (Wildman–Crippen LogP) is 3.73. The number of sulfone groups is 1. The fourth-order valence-corrected chi connectivity index (χ4v) is 4.85. The minimum absolute atomic E-state index is 0.00489. The number of imidazole rings is 1. The number of fused-ring (bicyclic) bond motifs is 1. The highest BCUT2D eigenvalue weighted by Gasteiger charge is 2.21. The Labute approximate surface area is 174 Å². The predicted molar refractivity (Wildman–Crippen MR) is 108 cm³/mol. The van der Waals surface area contributed by atoms with Gasteiger partial charge in [-0.25, -0.2) is 22.9 Å². The Balaban J connectivity index is 1.72. The molecule has 2 N–H and O–H groups in total. The molecule has 0 fully saturated rings. The fourth-order valence-electron chi connectivity index (χ4n) is 2.77. The number of hydrogen-bond acceptors (Lipinski definition) is 5. The number of carbonyl (C=O) groups is 1. The van der Waals surface area contributed by atoms with Gasteiger partial charge in [0, 0.05) is 11.2 Å². The maximum absolute atomic E-state index is 12.9. The number of aromatic nitrogens is 4. The van der Waals surface area contributed by atoms with Crippen molar-refractivity contribution in [2.75, 3.05) is 0 Å². The second-order valence-electron chi connectivity index (χ2n) is 6.22. The van der Waals surface area contributed by atoms with Gasteiger partial charge in [0.1, 0.15) is 0 Å². The topological polar surface area (TPSA) is 118 Å². The summed E-state index contributed by atoms with van der Waals surface area (Å²) in [7, 11) is -3.74. The van der Waals surface area contributed by atoms with Crippen molar-refractivity contribution in [1.82, 2.24) is 19.7 Å². The van der Waals surface area contributed by atoms with Crippen LogP contribution in [0, 0.1) is 0 Å². The zero-order valence-corrected chi connectivity index (χ0v) is 16.8. The lowest BCUT2D eigenvalue weighted by atomic mass is 10.2. The number of hydrogen-bond donors (Lipinski definition) is 2. The molecule has 0 aliphatic rings. The van der Waals surface area contributed by atoms with E-state index in [-0.39, 0.29) is 27.2 Å². The third kappa shape index (κ3) is 3.84. The summed E-state index contributed by atoms with van der Waals surface area (Å²) in [5, 5.41) is 13.5. The molecule has 148 valence electrons. The summed E-state index contributed by atoms with van der Waals surface area (Å²) < 4.78 is 27.0. The number of halogens is 2. The fraction of sp³-hybridized carbons (Fsp3) is 0.0556. The number of nitrogens with one attached hydrogen (secondary N) is 1. The van der Waals surface area contributed by atoms with Crippen molar-refractivity contribution in [3.05, 3.63) is 70.0 Å². The van der Waals surface area contributed by atoms with Crippen LogP contribution in [0.4, 0.5) is 0 Å². The third-order valence-electron chi connectivity index (χ3n) is 4.17. The monoisotopic (exact) mass is 450 g/mol. The molecule has 2 aromatic carbocycles. The Kier molecular flexibility index (Phi) is 4.81. The van der Waals surface area contributed by atoms with Crippen LogP contribution < -0.4 is 0 Å². The number of H-pyrrole nitrogens is 1. The molecule has 4 aromatic rings. The van der Waals surface area contributed by atoms with Crippen molar-refractivity contribution < 1.29 is 18.3 Å². The van der Waals surface area contributed by atoms with Crippen LogP contribution in [0.5, 0.6) is 0 Å². The third-order valence-corrected chi connectivity index (χ3v) is 6.57. The molecule has 0 atom stereocenters. The quantitative estimate of drug-likeness (QED) is 0.478. The van der Waals surface area contributed by atoms with Gasteiger partial charge in [0.05, 0.1) is 38.5 Å². The van der Waals surface area contributed by atoms with Crippen LogP contribution in [0.15, 0.2) is 53.7 Å². The van der Waals surface area contributed by atoms with Crippen LogP contribution in [-0.4, -0.2) is 39.2 Å². The van der Waals surface area contributed by atoms with Gasteiger partial charge in [-0.2, -0.15) is 5.10 Å². The molecule has 0 bridgehead atoms. The smallest absolute Gasteiger partial charge is 0.338 e. The van der Waals surface area contributed by atoms with Crippen molar-refractivity contribution in [2.24, 2.45) is 0 Å². The van der Waals surface area contributed by atoms with Gasteiger partial charge in [0.2, 0.25) is 5.95 Å². The zero-order valence-electron chi connectivity index (χ0n) is 14.5. The van der Waals surface area contributed by atoms with Crippen molar-refractivity contribution >= 4 is 50.0 Å². The van der Waals surface area contributed by atoms with Gasteiger partial charge in [0.15, 0.2) is 9.84 Å². The van der Waals surface area contributed by atoms with Crippen LogP contribution in [-0.2, 0) is 15.6 Å². The van der Waals surface area contributed by atoms with Crippen molar-refractivity contribution in [3.8, 4) is 5.95 Å². The second-order valence-corrected chi connectivity index (χ2v) is 9.03. The summed E-state index contributed by atoms with van der Waals surface area (Å²) >= 11 is 12.1. The van der Waals surface area contributed by atoms with Gasteiger partial charge in [-0.05, 0) is 29.8 Å². The van der Waals surface area contributed by atoms with E-state index in [2.05, 4.69) is 15.1 Å². The van der Waals surface area contributed by atoms with Crippen LogP contribution in [0.2, 0.25) is 10.0 Å². The maximum Gasteiger partial charge on any atom is 0.338 e. The van der Waals surface area contributed by atoms with Crippen LogP contribution >= 0.6 is 23.2 Å². The first-order valence-corrected chi connectivity index (χ1v) is 10.6. The Bertz CT molecular complexity index is 1340. The maximum atomic E-state index is 12.9. The normalized spacial score (nSPS) is 11.8. The second kappa shape index (κ2) is 7.18. The highest BCUT2D eigenvalue weighted by Crippen LogP contribution is 2.29. The summed E-state index contributed by atoms with van der Waals surface area (Å²) in [5.41, 5.74) is 1.41. The average molecular weight is 451 g/mol. The first-order valence-electron chi connectivity index (χ1n) is 8.18. The van der Waals surface area contributed by atoms with E-state index in [4.69, 9.17) is 28.3 Å². The molecule has 0 unspecified atom stereocenters. The van der Waals surface area contributed by atoms with Crippen LogP contribution in [0.1, 0.15) is 15.9 Å². The highest BCUT2D eigenvalue weighted by atomic mass is 35.5. The molecule has 0 radical (unpaired) electrons. The molecule has 0 aliphatic carbocycles. The van der Waals surface area contributed by atoms with Crippen molar-refractivity contribution in [3.63, 3.8) is 0 Å². The number of aromatic amines is 1. The van der Waals surface area contributed by atoms with Gasteiger partial charge < -0.3 is 10.1 Å². The highest BCUT2D eigenvalue weighted by molar-refractivity contribution is 7.90. The molecule has 2 heterocycles. The molecule has 29 heavy (non-hydrogen) atoms. The van der Waals surface area contributed by atoms with Crippen LogP contribution in [0.25, 0.3) is 17.0 Å². The summed E-state index contributed by atoms with van der Waals surface area (Å²) in [6.07, 6.45) is 2.48. The number of aromatic carboxylic acids is 1. The standard InChI is InChI=1S/C18H12Cl2N4O4S/c19-12-3-1-10(2-4-12)9-29(27,28)16-6-15-14(5-13(16)20)22-18(23-15)24-8-11(7-21-24)17(25)26/h1-8H,9H2,(H,22,23)(H,25,26). The molecule has 4 rings (SSSR count). The Hall–Kier alpha value is -2.88. The Morgan fingerprint density at radius 3 is 2.55 bits per heavy atom. The number of nitrogens with zero attached hydrogens (tertiary/aromatic N) is 3. The van der Waals surface area contributed by atoms with E-state index in [1.54, 1.807) is 24.3 Å². The first-order chi connectivity index (χ1) is 13.7. The largest absolute Gasteiger partial charge is 0.478 e. The van der Waals surface area contributed by atoms with E-state index in [9.17, 15) is 13.2 Å². The zero-order chi connectivity index (χ0) is 20.8. The number of benzene rings is 2. The van der Waals surface area contributed by atoms with E-state index in [1.807, 2.05) is 0 Å². The van der Waals surface area contributed by atoms with Crippen LogP contribution in [0.3, 0.4) is 0 Å².